The van der Waals surface area contributed by atoms with Gasteiger partial charge in [-0.05, 0) is 32.8 Å². The highest BCUT2D eigenvalue weighted by molar-refractivity contribution is 5.75. The molecule has 2 saturated heterocycles. The van der Waals surface area contributed by atoms with Crippen LogP contribution in [0.15, 0.2) is 6.07 Å². The maximum Gasteiger partial charge on any atom is 0.317 e. The summed E-state index contributed by atoms with van der Waals surface area (Å²) in [5.74, 6) is 0. The monoisotopic (exact) mass is 361 g/mol. The van der Waals surface area contributed by atoms with E-state index < -0.39 is 0 Å². The lowest BCUT2D eigenvalue weighted by atomic mass is 9.94. The van der Waals surface area contributed by atoms with Crippen molar-refractivity contribution in [1.29, 1.82) is 0 Å². The summed E-state index contributed by atoms with van der Waals surface area (Å²) in [6.45, 7) is 9.94. The van der Waals surface area contributed by atoms with Crippen molar-refractivity contribution in [3.05, 3.63) is 17.5 Å². The second-order valence-corrected chi connectivity index (χ2v) is 8.12. The number of nitrogens with zero attached hydrogens (tertiary/aromatic N) is 4. The lowest BCUT2D eigenvalue weighted by Gasteiger charge is -2.45. The first-order chi connectivity index (χ1) is 12.6. The number of ether oxygens (including phenoxy) is 1. The predicted molar refractivity (Wildman–Crippen MR) is 99.3 cm³/mol. The summed E-state index contributed by atoms with van der Waals surface area (Å²) in [5, 5.41) is 7.78. The zero-order valence-corrected chi connectivity index (χ0v) is 16.0. The summed E-state index contributed by atoms with van der Waals surface area (Å²) in [7, 11) is 0. The van der Waals surface area contributed by atoms with Gasteiger partial charge in [-0.2, -0.15) is 5.10 Å². The van der Waals surface area contributed by atoms with Gasteiger partial charge in [-0.15, -0.1) is 0 Å². The van der Waals surface area contributed by atoms with E-state index in [-0.39, 0.29) is 11.6 Å². The molecule has 0 bridgehead atoms. The number of urea groups is 1. The van der Waals surface area contributed by atoms with E-state index in [1.807, 2.05) is 11.8 Å². The van der Waals surface area contributed by atoms with Crippen LogP contribution in [-0.4, -0.2) is 77.1 Å². The molecule has 7 nitrogen and oxygen atoms in total. The molecule has 3 aliphatic rings. The van der Waals surface area contributed by atoms with Crippen molar-refractivity contribution in [2.45, 2.75) is 51.1 Å². The van der Waals surface area contributed by atoms with Crippen molar-refractivity contribution in [2.24, 2.45) is 0 Å². The van der Waals surface area contributed by atoms with Gasteiger partial charge in [0.1, 0.15) is 0 Å². The van der Waals surface area contributed by atoms with Crippen LogP contribution in [0.5, 0.6) is 0 Å². The Bertz CT molecular complexity index is 640. The largest absolute Gasteiger partial charge is 0.379 e. The molecule has 1 aromatic rings. The number of morpholine rings is 1. The van der Waals surface area contributed by atoms with Gasteiger partial charge in [-0.3, -0.25) is 9.58 Å². The highest BCUT2D eigenvalue weighted by Gasteiger charge is 2.41. The molecule has 0 unspecified atom stereocenters. The minimum Gasteiger partial charge on any atom is -0.379 e. The third kappa shape index (κ3) is 3.34. The zero-order valence-electron chi connectivity index (χ0n) is 16.0. The molecular formula is C19H31N5O2. The van der Waals surface area contributed by atoms with E-state index in [1.165, 1.54) is 31.4 Å². The summed E-state index contributed by atoms with van der Waals surface area (Å²) in [6, 6.07) is 2.48. The second-order valence-electron chi connectivity index (χ2n) is 8.12. The number of nitrogens with one attached hydrogen (secondary N) is 1. The van der Waals surface area contributed by atoms with E-state index in [9.17, 15) is 4.79 Å². The third-order valence-corrected chi connectivity index (χ3v) is 6.32. The average Bonchev–Trinajstić information content (AvgIpc) is 3.20. The summed E-state index contributed by atoms with van der Waals surface area (Å²) in [4.78, 5) is 17.1. The highest BCUT2D eigenvalue weighted by Crippen LogP contribution is 2.35. The van der Waals surface area contributed by atoms with Gasteiger partial charge in [-0.25, -0.2) is 4.79 Å². The molecule has 0 spiro atoms. The van der Waals surface area contributed by atoms with Crippen molar-refractivity contribution < 1.29 is 9.53 Å². The molecule has 2 aliphatic heterocycles. The van der Waals surface area contributed by atoms with Gasteiger partial charge in [0.15, 0.2) is 0 Å². The molecule has 3 heterocycles. The first-order valence-electron chi connectivity index (χ1n) is 9.96. The zero-order chi connectivity index (χ0) is 18.1. The normalized spacial score (nSPS) is 23.8. The molecule has 144 valence electrons. The average molecular weight is 361 g/mol. The number of likely N-dealkylation sites (tertiary alicyclic amines) is 1. The topological polar surface area (TPSA) is 62.6 Å². The molecule has 7 heteroatoms. The molecule has 1 saturated carbocycles. The fourth-order valence-electron chi connectivity index (χ4n) is 4.82. The van der Waals surface area contributed by atoms with Crippen molar-refractivity contribution in [3.63, 3.8) is 0 Å². The Hall–Kier alpha value is -1.60. The summed E-state index contributed by atoms with van der Waals surface area (Å²) in [6.07, 6.45) is 4.89. The van der Waals surface area contributed by atoms with Gasteiger partial charge in [0.05, 0.1) is 24.9 Å². The van der Waals surface area contributed by atoms with Gasteiger partial charge in [0, 0.05) is 44.0 Å². The number of aryl methyl sites for hydroxylation is 2. The van der Waals surface area contributed by atoms with Gasteiger partial charge < -0.3 is 15.0 Å². The summed E-state index contributed by atoms with van der Waals surface area (Å²) in [5.41, 5.74) is 2.35. The third-order valence-electron chi connectivity index (χ3n) is 6.32. The molecule has 1 aromatic heterocycles. The minimum atomic E-state index is 0.0716. The summed E-state index contributed by atoms with van der Waals surface area (Å²) >= 11 is 0. The Morgan fingerprint density at radius 3 is 2.58 bits per heavy atom. The predicted octanol–water partition coefficient (Wildman–Crippen LogP) is 1.71. The molecular weight excluding hydrogens is 330 g/mol. The van der Waals surface area contributed by atoms with E-state index in [2.05, 4.69) is 33.0 Å². The Morgan fingerprint density at radius 1 is 1.27 bits per heavy atom. The van der Waals surface area contributed by atoms with E-state index in [0.717, 1.165) is 51.6 Å². The van der Waals surface area contributed by atoms with Crippen LogP contribution >= 0.6 is 0 Å². The maximum absolute atomic E-state index is 12.6. The molecule has 0 radical (unpaired) electrons. The highest BCUT2D eigenvalue weighted by atomic mass is 16.5. The van der Waals surface area contributed by atoms with Gasteiger partial charge in [0.2, 0.25) is 0 Å². The Morgan fingerprint density at radius 2 is 1.96 bits per heavy atom. The van der Waals surface area contributed by atoms with E-state index in [4.69, 9.17) is 4.74 Å². The Kier molecular flexibility index (Phi) is 4.92. The molecule has 2 amide bonds. The van der Waals surface area contributed by atoms with Crippen LogP contribution in [0.1, 0.15) is 43.1 Å². The molecule has 26 heavy (non-hydrogen) atoms. The smallest absolute Gasteiger partial charge is 0.317 e. The molecule has 3 fully saturated rings. The fourth-order valence-corrected chi connectivity index (χ4v) is 4.82. The number of amides is 2. The standard InChI is InChI=1S/C19H31N5O2/c1-15-11-16(2)24(21-15)17-12-22(13-17)18(25)20-14-19(5-3-4-6-19)23-7-9-26-10-8-23/h11,17H,3-10,12-14H2,1-2H3,(H,20,25). The number of carbonyl (C=O) groups excluding carboxylic acids is 1. The van der Waals surface area contributed by atoms with Crippen LogP contribution in [0.2, 0.25) is 0 Å². The van der Waals surface area contributed by atoms with Crippen LogP contribution in [-0.2, 0) is 4.74 Å². The maximum atomic E-state index is 12.6. The lowest BCUT2D eigenvalue weighted by molar-refractivity contribution is -0.0201. The number of hydrogen-bond acceptors (Lipinski definition) is 4. The van der Waals surface area contributed by atoms with E-state index in [0.29, 0.717) is 6.04 Å². The van der Waals surface area contributed by atoms with Gasteiger partial charge >= 0.3 is 6.03 Å². The molecule has 0 atom stereocenters. The number of carbonyl (C=O) groups is 1. The second kappa shape index (κ2) is 7.19. The van der Waals surface area contributed by atoms with Crippen molar-refractivity contribution in [3.8, 4) is 0 Å². The molecule has 1 N–H and O–H groups in total. The van der Waals surface area contributed by atoms with Crippen LogP contribution in [0.4, 0.5) is 4.79 Å². The number of aromatic nitrogens is 2. The minimum absolute atomic E-state index is 0.0716. The van der Waals surface area contributed by atoms with Crippen LogP contribution < -0.4 is 5.32 Å². The van der Waals surface area contributed by atoms with Gasteiger partial charge in [-0.1, -0.05) is 12.8 Å². The van der Waals surface area contributed by atoms with Crippen molar-refractivity contribution in [1.82, 2.24) is 24.9 Å². The number of rotatable bonds is 4. The van der Waals surface area contributed by atoms with Crippen molar-refractivity contribution in [2.75, 3.05) is 45.9 Å². The van der Waals surface area contributed by atoms with E-state index in [1.54, 1.807) is 0 Å². The first-order valence-corrected chi connectivity index (χ1v) is 9.96. The fraction of sp³-hybridized carbons (Fsp3) is 0.789. The van der Waals surface area contributed by atoms with E-state index >= 15 is 0 Å². The van der Waals surface area contributed by atoms with Crippen LogP contribution in [0.25, 0.3) is 0 Å². The van der Waals surface area contributed by atoms with Crippen molar-refractivity contribution >= 4 is 6.03 Å². The SMILES string of the molecule is Cc1cc(C)n(C2CN(C(=O)NCC3(N4CCOCC4)CCCC3)C2)n1. The summed E-state index contributed by atoms with van der Waals surface area (Å²) < 4.78 is 7.58. The molecule has 1 aliphatic carbocycles. The van der Waals surface area contributed by atoms with Gasteiger partial charge in [0.25, 0.3) is 0 Å². The molecule has 4 rings (SSSR count). The first kappa shape index (κ1) is 17.8. The Balaban J connectivity index is 1.30. The van der Waals surface area contributed by atoms with Crippen LogP contribution in [0.3, 0.4) is 0 Å². The lowest BCUT2D eigenvalue weighted by Crippen LogP contribution is -2.60. The number of hydrogen-bond donors (Lipinski definition) is 1. The van der Waals surface area contributed by atoms with Crippen LogP contribution in [0, 0.1) is 13.8 Å². The Labute approximate surface area is 155 Å². The molecule has 0 aromatic carbocycles. The quantitative estimate of drug-likeness (QED) is 0.887.